The lowest BCUT2D eigenvalue weighted by Crippen LogP contribution is -2.56. The first-order valence-corrected chi connectivity index (χ1v) is 14.0. The Labute approximate surface area is 230 Å². The van der Waals surface area contributed by atoms with Gasteiger partial charge >= 0.3 is 5.97 Å². The second kappa shape index (κ2) is 11.5. The summed E-state index contributed by atoms with van der Waals surface area (Å²) in [5.74, 6) is 0.248. The predicted octanol–water partition coefficient (Wildman–Crippen LogP) is 2.46. The predicted molar refractivity (Wildman–Crippen MR) is 149 cm³/mol. The van der Waals surface area contributed by atoms with E-state index < -0.39 is 17.7 Å². The summed E-state index contributed by atoms with van der Waals surface area (Å²) in [4.78, 5) is 41.2. The Hall–Kier alpha value is -3.24. The van der Waals surface area contributed by atoms with Gasteiger partial charge in [-0.1, -0.05) is 24.3 Å². The summed E-state index contributed by atoms with van der Waals surface area (Å²) in [5, 5.41) is 14.1. The molecule has 10 heteroatoms. The molecule has 0 spiro atoms. The fourth-order valence-corrected chi connectivity index (χ4v) is 5.73. The molecule has 3 aliphatic heterocycles. The SMILES string of the molecule is CC(C)(C)OC(=O)CNc1cc(C(=O)N2CC[C@H](N3CCc4ccccc4C3)[C@@H](O)C2)nc(N2CCCC2)n1. The van der Waals surface area contributed by atoms with Crippen molar-refractivity contribution in [3.63, 3.8) is 0 Å². The van der Waals surface area contributed by atoms with Gasteiger partial charge in [0.05, 0.1) is 6.10 Å². The van der Waals surface area contributed by atoms with Gasteiger partial charge in [0.2, 0.25) is 5.95 Å². The summed E-state index contributed by atoms with van der Waals surface area (Å²) < 4.78 is 5.39. The number of β-amino-alcohol motifs (C(OH)–C–C–N with tert-alkyl or cyclic N) is 1. The fourth-order valence-electron chi connectivity index (χ4n) is 5.73. The van der Waals surface area contributed by atoms with Crippen molar-refractivity contribution in [3.05, 3.63) is 47.2 Å². The van der Waals surface area contributed by atoms with Crippen LogP contribution in [0.1, 0.15) is 61.6 Å². The number of ether oxygens (including phenoxy) is 1. The van der Waals surface area contributed by atoms with Crippen LogP contribution in [0.3, 0.4) is 0 Å². The van der Waals surface area contributed by atoms with Crippen LogP contribution in [0.25, 0.3) is 0 Å². The summed E-state index contributed by atoms with van der Waals surface area (Å²) in [6.07, 6.45) is 3.12. The molecule has 0 unspecified atom stereocenters. The zero-order valence-corrected chi connectivity index (χ0v) is 23.2. The molecule has 0 bridgehead atoms. The number of aromatic nitrogens is 2. The van der Waals surface area contributed by atoms with Gasteiger partial charge in [-0.2, -0.15) is 4.98 Å². The molecule has 2 aromatic rings. The molecular weight excluding hydrogens is 496 g/mol. The zero-order valence-electron chi connectivity index (χ0n) is 23.2. The van der Waals surface area contributed by atoms with E-state index in [1.54, 1.807) is 11.0 Å². The van der Waals surface area contributed by atoms with E-state index in [0.29, 0.717) is 24.7 Å². The Morgan fingerprint density at radius 2 is 1.82 bits per heavy atom. The molecule has 3 aliphatic rings. The highest BCUT2D eigenvalue weighted by molar-refractivity contribution is 5.93. The van der Waals surface area contributed by atoms with Gasteiger partial charge in [0.1, 0.15) is 23.7 Å². The number of aliphatic hydroxyl groups excluding tert-OH is 1. The molecule has 2 atom stereocenters. The number of amides is 1. The second-order valence-electron chi connectivity index (χ2n) is 11.7. The Bertz CT molecular complexity index is 1190. The zero-order chi connectivity index (χ0) is 27.6. The van der Waals surface area contributed by atoms with Crippen molar-refractivity contribution >= 4 is 23.6 Å². The molecular formula is C29H40N6O4. The number of carbonyl (C=O) groups excluding carboxylic acids is 2. The number of nitrogens with zero attached hydrogens (tertiary/aromatic N) is 5. The van der Waals surface area contributed by atoms with Gasteiger partial charge in [-0.3, -0.25) is 14.5 Å². The molecule has 0 radical (unpaired) electrons. The minimum absolute atomic E-state index is 0.0130. The highest BCUT2D eigenvalue weighted by Crippen LogP contribution is 2.26. The third-order valence-corrected chi connectivity index (χ3v) is 7.62. The van der Waals surface area contributed by atoms with Crippen molar-refractivity contribution in [1.29, 1.82) is 0 Å². The van der Waals surface area contributed by atoms with E-state index in [-0.39, 0.29) is 30.7 Å². The van der Waals surface area contributed by atoms with Gasteiger partial charge in [0.15, 0.2) is 0 Å². The van der Waals surface area contributed by atoms with Crippen molar-refractivity contribution in [1.82, 2.24) is 19.8 Å². The number of piperidine rings is 1. The molecule has 10 nitrogen and oxygen atoms in total. The third kappa shape index (κ3) is 6.67. The smallest absolute Gasteiger partial charge is 0.325 e. The standard InChI is InChI=1S/C29H40N6O4/c1-29(2,3)39-26(37)17-30-25-16-22(31-28(32-25)33-12-6-7-13-33)27(38)35-15-11-23(24(36)19-35)34-14-10-20-8-4-5-9-21(20)18-34/h4-5,8-9,16,23-24,36H,6-7,10-15,17-19H2,1-3H3,(H,30,31,32)/t23-,24-/m0/s1. The number of nitrogens with one attached hydrogen (secondary N) is 1. The maximum absolute atomic E-state index is 13.6. The van der Waals surface area contributed by atoms with Crippen LogP contribution in [0.2, 0.25) is 0 Å². The monoisotopic (exact) mass is 536 g/mol. The van der Waals surface area contributed by atoms with Gasteiger partial charge in [-0.25, -0.2) is 4.98 Å². The quantitative estimate of drug-likeness (QED) is 0.538. The van der Waals surface area contributed by atoms with Crippen LogP contribution in [-0.2, 0) is 22.5 Å². The molecule has 1 aromatic heterocycles. The number of hydrogen-bond acceptors (Lipinski definition) is 9. The first-order valence-electron chi connectivity index (χ1n) is 14.0. The Kier molecular flexibility index (Phi) is 8.04. The van der Waals surface area contributed by atoms with Crippen molar-refractivity contribution in [2.45, 2.75) is 70.7 Å². The maximum atomic E-state index is 13.6. The molecule has 210 valence electrons. The summed E-state index contributed by atoms with van der Waals surface area (Å²) in [6, 6.07) is 10.1. The first kappa shape index (κ1) is 27.3. The molecule has 4 heterocycles. The molecule has 5 rings (SSSR count). The van der Waals surface area contributed by atoms with E-state index in [2.05, 4.69) is 49.4 Å². The van der Waals surface area contributed by atoms with Crippen LogP contribution >= 0.6 is 0 Å². The van der Waals surface area contributed by atoms with E-state index in [1.165, 1.54) is 11.1 Å². The average Bonchev–Trinajstić information content (AvgIpc) is 3.45. The van der Waals surface area contributed by atoms with Crippen molar-refractivity contribution in [2.75, 3.05) is 49.5 Å². The van der Waals surface area contributed by atoms with Crippen molar-refractivity contribution < 1.29 is 19.4 Å². The van der Waals surface area contributed by atoms with Gasteiger partial charge in [0.25, 0.3) is 5.91 Å². The number of likely N-dealkylation sites (tertiary alicyclic amines) is 1. The number of aliphatic hydroxyl groups is 1. The highest BCUT2D eigenvalue weighted by atomic mass is 16.6. The van der Waals surface area contributed by atoms with Crippen LogP contribution in [-0.4, -0.2) is 93.8 Å². The number of esters is 1. The Morgan fingerprint density at radius 1 is 1.08 bits per heavy atom. The number of anilines is 2. The lowest BCUT2D eigenvalue weighted by Gasteiger charge is -2.43. The van der Waals surface area contributed by atoms with Crippen molar-refractivity contribution in [2.24, 2.45) is 0 Å². The lowest BCUT2D eigenvalue weighted by molar-refractivity contribution is -0.152. The number of benzene rings is 1. The largest absolute Gasteiger partial charge is 0.459 e. The number of hydrogen-bond donors (Lipinski definition) is 2. The van der Waals surface area contributed by atoms with E-state index in [9.17, 15) is 14.7 Å². The van der Waals surface area contributed by atoms with E-state index in [0.717, 1.165) is 45.4 Å². The normalized spacial score (nSPS) is 21.9. The van der Waals surface area contributed by atoms with Crippen LogP contribution in [0.15, 0.2) is 30.3 Å². The number of rotatable bonds is 6. The summed E-state index contributed by atoms with van der Waals surface area (Å²) >= 11 is 0. The average molecular weight is 537 g/mol. The van der Waals surface area contributed by atoms with Gasteiger partial charge in [0, 0.05) is 51.4 Å². The van der Waals surface area contributed by atoms with Crippen molar-refractivity contribution in [3.8, 4) is 0 Å². The van der Waals surface area contributed by atoms with Gasteiger partial charge < -0.3 is 25.0 Å². The summed E-state index contributed by atoms with van der Waals surface area (Å²) in [7, 11) is 0. The molecule has 1 aromatic carbocycles. The fraction of sp³-hybridized carbons (Fsp3) is 0.586. The minimum Gasteiger partial charge on any atom is -0.459 e. The van der Waals surface area contributed by atoms with Crippen LogP contribution < -0.4 is 10.2 Å². The molecule has 1 amide bonds. The highest BCUT2D eigenvalue weighted by Gasteiger charge is 2.36. The van der Waals surface area contributed by atoms with Gasteiger partial charge in [-0.15, -0.1) is 0 Å². The number of fused-ring (bicyclic) bond motifs is 1. The van der Waals surface area contributed by atoms with Crippen LogP contribution in [0.5, 0.6) is 0 Å². The third-order valence-electron chi connectivity index (χ3n) is 7.62. The van der Waals surface area contributed by atoms with E-state index in [1.807, 2.05) is 20.8 Å². The maximum Gasteiger partial charge on any atom is 0.325 e. The molecule has 39 heavy (non-hydrogen) atoms. The molecule has 2 N–H and O–H groups in total. The Morgan fingerprint density at radius 3 is 2.54 bits per heavy atom. The molecule has 2 fully saturated rings. The number of carbonyl (C=O) groups is 2. The van der Waals surface area contributed by atoms with E-state index in [4.69, 9.17) is 4.74 Å². The van der Waals surface area contributed by atoms with Crippen LogP contribution in [0.4, 0.5) is 11.8 Å². The first-order chi connectivity index (χ1) is 18.7. The second-order valence-corrected chi connectivity index (χ2v) is 11.7. The molecule has 2 saturated heterocycles. The van der Waals surface area contributed by atoms with Gasteiger partial charge in [-0.05, 0) is 57.6 Å². The summed E-state index contributed by atoms with van der Waals surface area (Å²) in [5.41, 5.74) is 2.37. The minimum atomic E-state index is -0.641. The van der Waals surface area contributed by atoms with E-state index >= 15 is 0 Å². The van der Waals surface area contributed by atoms with Crippen LogP contribution in [0, 0.1) is 0 Å². The molecule has 0 saturated carbocycles. The molecule has 0 aliphatic carbocycles. The Balaban J connectivity index is 1.27. The summed E-state index contributed by atoms with van der Waals surface area (Å²) in [6.45, 7) is 9.57. The lowest BCUT2D eigenvalue weighted by atomic mass is 9.94. The topological polar surface area (TPSA) is 111 Å².